The van der Waals surface area contributed by atoms with Gasteiger partial charge in [-0.2, -0.15) is 22.7 Å². The summed E-state index contributed by atoms with van der Waals surface area (Å²) in [6.07, 6.45) is -3.55. The summed E-state index contributed by atoms with van der Waals surface area (Å²) in [7, 11) is 3.73. The van der Waals surface area contributed by atoms with Crippen molar-refractivity contribution >= 4 is 47.0 Å². The Hall–Kier alpha value is -5.17. The van der Waals surface area contributed by atoms with E-state index >= 15 is 0 Å². The quantitative estimate of drug-likeness (QED) is 0.0858. The number of carboxylic acids is 1. The first-order valence-corrected chi connectivity index (χ1v) is 19.5. The van der Waals surface area contributed by atoms with Crippen LogP contribution in [0, 0.1) is 12.9 Å². The Balaban J connectivity index is 1.21. The molecule has 2 atom stereocenters. The van der Waals surface area contributed by atoms with Gasteiger partial charge in [0.25, 0.3) is 6.01 Å². The highest BCUT2D eigenvalue weighted by Crippen LogP contribution is 2.50. The maximum absolute atomic E-state index is 14.3. The molecule has 1 fully saturated rings. The van der Waals surface area contributed by atoms with E-state index in [1.54, 1.807) is 38.2 Å². The lowest BCUT2D eigenvalue weighted by atomic mass is 9.76. The van der Waals surface area contributed by atoms with Crippen LogP contribution in [0.4, 0.5) is 17.6 Å². The number of rotatable bonds is 15. The summed E-state index contributed by atoms with van der Waals surface area (Å²) >= 11 is 8.14. The Morgan fingerprint density at radius 1 is 1.05 bits per heavy atom. The van der Waals surface area contributed by atoms with Crippen molar-refractivity contribution < 1.29 is 46.1 Å². The Labute approximate surface area is 340 Å². The number of aromatic nitrogens is 4. The normalized spacial score (nSPS) is 15.1. The van der Waals surface area contributed by atoms with E-state index in [1.807, 2.05) is 13.0 Å². The highest BCUT2D eigenvalue weighted by molar-refractivity contribution is 7.22. The highest BCUT2D eigenvalue weighted by atomic mass is 35.5. The van der Waals surface area contributed by atoms with E-state index in [1.165, 1.54) is 42.1 Å². The van der Waals surface area contributed by atoms with Gasteiger partial charge in [-0.1, -0.05) is 35.9 Å². The fourth-order valence-corrected chi connectivity index (χ4v) is 8.17. The monoisotopic (exact) mass is 840 g/mol. The molecule has 19 heteroatoms. The van der Waals surface area contributed by atoms with Gasteiger partial charge in [-0.25, -0.2) is 14.8 Å². The highest BCUT2D eigenvalue weighted by Gasteiger charge is 2.34. The van der Waals surface area contributed by atoms with Gasteiger partial charge in [0.1, 0.15) is 56.0 Å². The number of piperazine rings is 1. The van der Waals surface area contributed by atoms with Crippen molar-refractivity contribution in [1.29, 1.82) is 0 Å². The fourth-order valence-electron chi connectivity index (χ4n) is 6.85. The van der Waals surface area contributed by atoms with E-state index in [2.05, 4.69) is 31.9 Å². The molecule has 5 heterocycles. The minimum atomic E-state index is -4.49. The molecule has 2 aromatic carbocycles. The second-order valence-electron chi connectivity index (χ2n) is 13.9. The van der Waals surface area contributed by atoms with Crippen LogP contribution in [-0.4, -0.2) is 107 Å². The van der Waals surface area contributed by atoms with E-state index < -0.39 is 36.6 Å². The molecular formula is C39H38BClF4N6O6S. The van der Waals surface area contributed by atoms with Gasteiger partial charge < -0.3 is 28.6 Å². The van der Waals surface area contributed by atoms with Crippen LogP contribution in [0.3, 0.4) is 0 Å². The molecule has 0 aliphatic carbocycles. The van der Waals surface area contributed by atoms with Crippen molar-refractivity contribution in [2.24, 2.45) is 0 Å². The number of ether oxygens (including phenoxy) is 3. The van der Waals surface area contributed by atoms with E-state index in [0.29, 0.717) is 54.7 Å². The molecule has 0 amide bonds. The number of carbonyl (C=O) groups is 1. The number of halogens is 5. The van der Waals surface area contributed by atoms with Crippen molar-refractivity contribution in [3.63, 3.8) is 0 Å². The van der Waals surface area contributed by atoms with Crippen molar-refractivity contribution in [2.75, 3.05) is 46.4 Å². The largest absolute Gasteiger partial charge is 0.491 e. The number of aliphatic carboxylic acids is 1. The smallest absolute Gasteiger partial charge is 0.408 e. The molecule has 4 aromatic heterocycles. The molecule has 6 aromatic rings. The molecule has 1 N–H and O–H groups in total. The SMILES string of the molecule is BC(c1ccccc1OCc1ccnn1CC(F)(F)F)C(Oc1ncnc2sc(-c3ccc(F)o3)c(-c3ccc(OCCN4CCN(C)CC4)c(Cl)c3C)c12)C(=O)O. The van der Waals surface area contributed by atoms with Crippen molar-refractivity contribution in [1.82, 2.24) is 29.5 Å². The number of likely N-dealkylation sites (N-methyl/N-ethyl adjacent to an activating group) is 1. The molecular weight excluding hydrogens is 803 g/mol. The Bertz CT molecular complexity index is 2400. The minimum absolute atomic E-state index is 0.0637. The number of hydrogen-bond donors (Lipinski definition) is 1. The summed E-state index contributed by atoms with van der Waals surface area (Å²) in [5, 5.41) is 15.1. The van der Waals surface area contributed by atoms with Gasteiger partial charge in [-0.3, -0.25) is 9.58 Å². The summed E-state index contributed by atoms with van der Waals surface area (Å²) in [4.78, 5) is 27.4. The first-order valence-electron chi connectivity index (χ1n) is 18.3. The van der Waals surface area contributed by atoms with Crippen LogP contribution in [0.1, 0.15) is 22.6 Å². The Kier molecular flexibility index (Phi) is 12.3. The summed E-state index contributed by atoms with van der Waals surface area (Å²) in [6, 6.07) is 13.5. The number of fused-ring (bicyclic) bond motifs is 1. The van der Waals surface area contributed by atoms with E-state index in [9.17, 15) is 27.5 Å². The topological polar surface area (TPSA) is 128 Å². The third-order valence-electron chi connectivity index (χ3n) is 9.99. The zero-order chi connectivity index (χ0) is 41.1. The molecule has 1 aliphatic rings. The lowest BCUT2D eigenvalue weighted by Gasteiger charge is -2.32. The van der Waals surface area contributed by atoms with Gasteiger partial charge in [0, 0.05) is 56.4 Å². The number of nitrogens with zero attached hydrogens (tertiary/aromatic N) is 6. The number of alkyl halides is 3. The molecule has 12 nitrogen and oxygen atoms in total. The molecule has 0 saturated carbocycles. The van der Waals surface area contributed by atoms with E-state index in [-0.39, 0.29) is 29.7 Å². The molecule has 1 saturated heterocycles. The van der Waals surface area contributed by atoms with Crippen LogP contribution in [-0.2, 0) is 17.9 Å². The maximum Gasteiger partial charge on any atom is 0.408 e. The van der Waals surface area contributed by atoms with E-state index in [0.717, 1.165) is 37.4 Å². The molecule has 0 spiro atoms. The zero-order valence-corrected chi connectivity index (χ0v) is 33.2. The summed E-state index contributed by atoms with van der Waals surface area (Å²) in [5.74, 6) is -1.33. The predicted molar refractivity (Wildman–Crippen MR) is 212 cm³/mol. The minimum Gasteiger partial charge on any atom is -0.491 e. The van der Waals surface area contributed by atoms with Crippen LogP contribution < -0.4 is 14.2 Å². The van der Waals surface area contributed by atoms with Crippen molar-refractivity contribution in [2.45, 2.75) is 38.2 Å². The fraction of sp³-hybridized carbons (Fsp3) is 0.333. The zero-order valence-electron chi connectivity index (χ0n) is 31.6. The number of para-hydroxylation sites is 1. The molecule has 0 radical (unpaired) electrons. The Morgan fingerprint density at radius 3 is 2.55 bits per heavy atom. The average Bonchev–Trinajstić information content (AvgIpc) is 3.93. The first-order chi connectivity index (χ1) is 27.8. The maximum atomic E-state index is 14.3. The van der Waals surface area contributed by atoms with Gasteiger partial charge in [0.15, 0.2) is 6.10 Å². The first kappa shape index (κ1) is 41.0. The van der Waals surface area contributed by atoms with Crippen molar-refractivity contribution in [3.05, 3.63) is 95.0 Å². The van der Waals surface area contributed by atoms with Crippen LogP contribution in [0.5, 0.6) is 17.4 Å². The lowest BCUT2D eigenvalue weighted by molar-refractivity contribution is -0.145. The van der Waals surface area contributed by atoms with Gasteiger partial charge in [-0.05, 0) is 54.9 Å². The summed E-state index contributed by atoms with van der Waals surface area (Å²) in [5.41, 5.74) is 2.33. The van der Waals surface area contributed by atoms with Crippen LogP contribution in [0.25, 0.3) is 32.0 Å². The van der Waals surface area contributed by atoms with Crippen LogP contribution >= 0.6 is 22.9 Å². The van der Waals surface area contributed by atoms with E-state index in [4.69, 9.17) is 30.2 Å². The molecule has 0 bridgehead atoms. The molecule has 2 unspecified atom stereocenters. The standard InChI is InChI=1S/C39H38BClF4N6O6S/c1-22-24(7-8-27(33(22)41)54-18-17-50-15-13-49(2)14-16-50)30-31-36(46-21-47-37(31)58-35(30)28-9-10-29(42)56-28)57-34(38(52)53)32(40)25-5-3-4-6-26(25)55-19-23-11-12-48-51(23)20-39(43,44)45/h3-12,21,32,34H,13-20,40H2,1-2H3,(H,52,53). The van der Waals surface area contributed by atoms with Crippen LogP contribution in [0.2, 0.25) is 5.02 Å². The number of carboxylic acid groups (broad SMARTS) is 1. The number of benzene rings is 2. The summed E-state index contributed by atoms with van der Waals surface area (Å²) < 4.78 is 78.4. The predicted octanol–water partition coefficient (Wildman–Crippen LogP) is 6.89. The third kappa shape index (κ3) is 9.09. The number of thiophene rings is 1. The van der Waals surface area contributed by atoms with Gasteiger partial charge in [0.2, 0.25) is 5.88 Å². The molecule has 7 rings (SSSR count). The number of hydrogen-bond acceptors (Lipinski definition) is 11. The number of furan rings is 1. The lowest BCUT2D eigenvalue weighted by Crippen LogP contribution is -2.45. The summed E-state index contributed by atoms with van der Waals surface area (Å²) in [6.45, 7) is 5.30. The van der Waals surface area contributed by atoms with Gasteiger partial charge in [-0.15, -0.1) is 11.3 Å². The Morgan fingerprint density at radius 2 is 1.83 bits per heavy atom. The molecule has 1 aliphatic heterocycles. The second-order valence-corrected chi connectivity index (χ2v) is 15.3. The molecule has 304 valence electrons. The van der Waals surface area contributed by atoms with Crippen molar-refractivity contribution in [3.8, 4) is 39.1 Å². The van der Waals surface area contributed by atoms with Gasteiger partial charge >= 0.3 is 12.1 Å². The average molecular weight is 841 g/mol. The molecule has 58 heavy (non-hydrogen) atoms. The van der Waals surface area contributed by atoms with Crippen LogP contribution in [0.15, 0.2) is 71.5 Å². The van der Waals surface area contributed by atoms with Gasteiger partial charge in [0.05, 0.1) is 21.0 Å². The third-order valence-corrected chi connectivity index (χ3v) is 11.6. The second kappa shape index (κ2) is 17.4.